The maximum absolute atomic E-state index is 12.7. The van der Waals surface area contributed by atoms with Crippen molar-refractivity contribution in [2.75, 3.05) is 0 Å². The first kappa shape index (κ1) is 30.4. The van der Waals surface area contributed by atoms with E-state index in [0.29, 0.717) is 11.8 Å². The molecule has 0 aromatic heterocycles. The van der Waals surface area contributed by atoms with Gasteiger partial charge < -0.3 is 0 Å². The zero-order chi connectivity index (χ0) is 25.1. The van der Waals surface area contributed by atoms with E-state index in [-0.39, 0.29) is 23.7 Å². The lowest BCUT2D eigenvalue weighted by Gasteiger charge is -2.37. The molecule has 1 saturated heterocycles. The quantitative estimate of drug-likeness (QED) is 0.121. The number of carbonyl (C=O) groups excluding carboxylic acids is 2. The second-order valence-corrected chi connectivity index (χ2v) is 11.9. The predicted molar refractivity (Wildman–Crippen MR) is 149 cm³/mol. The number of hydrogen-bond donors (Lipinski definition) is 1. The molecule has 204 valence electrons. The highest BCUT2D eigenvalue weighted by atomic mass is 16.2. The van der Waals surface area contributed by atoms with E-state index in [4.69, 9.17) is 0 Å². The van der Waals surface area contributed by atoms with Crippen molar-refractivity contribution in [3.05, 3.63) is 0 Å². The van der Waals surface area contributed by atoms with Gasteiger partial charge in [0.25, 0.3) is 0 Å². The molecule has 0 bridgehead atoms. The molecule has 0 radical (unpaired) electrons. The minimum atomic E-state index is -0.0251. The highest BCUT2D eigenvalue weighted by molar-refractivity contribution is 6.05. The van der Waals surface area contributed by atoms with Gasteiger partial charge in [0, 0.05) is 0 Å². The third-order valence-electron chi connectivity index (χ3n) is 9.02. The van der Waals surface area contributed by atoms with Crippen LogP contribution in [0.2, 0.25) is 0 Å². The third kappa shape index (κ3) is 11.8. The van der Waals surface area contributed by atoms with Crippen LogP contribution in [0.15, 0.2) is 0 Å². The number of hydrogen-bond acceptors (Lipinski definition) is 2. The number of unbranched alkanes of at least 4 members (excludes halogenated alkanes) is 18. The Balaban J connectivity index is 1.58. The molecule has 35 heavy (non-hydrogen) atoms. The molecule has 0 aromatic rings. The molecular weight excluding hydrogens is 430 g/mol. The Morgan fingerprint density at radius 1 is 0.486 bits per heavy atom. The van der Waals surface area contributed by atoms with Crippen molar-refractivity contribution in [3.63, 3.8) is 0 Å². The average molecular weight is 490 g/mol. The Kier molecular flexibility index (Phi) is 16.7. The second-order valence-electron chi connectivity index (χ2n) is 11.9. The Morgan fingerprint density at radius 2 is 0.771 bits per heavy atom. The number of amides is 2. The molecule has 1 aliphatic heterocycles. The van der Waals surface area contributed by atoms with Crippen molar-refractivity contribution in [1.29, 1.82) is 0 Å². The summed E-state index contributed by atoms with van der Waals surface area (Å²) in [6.07, 6.45) is 31.6. The Hall–Kier alpha value is -0.860. The van der Waals surface area contributed by atoms with E-state index in [0.717, 1.165) is 25.7 Å². The minimum Gasteiger partial charge on any atom is -0.296 e. The van der Waals surface area contributed by atoms with Gasteiger partial charge in [-0.1, -0.05) is 142 Å². The predicted octanol–water partition coefficient (Wildman–Crippen LogP) is 9.52. The maximum Gasteiger partial charge on any atom is 0.230 e. The molecule has 1 aliphatic carbocycles. The smallest absolute Gasteiger partial charge is 0.230 e. The largest absolute Gasteiger partial charge is 0.296 e. The van der Waals surface area contributed by atoms with Crippen LogP contribution >= 0.6 is 0 Å². The lowest BCUT2D eigenvalue weighted by molar-refractivity contribution is -0.126. The lowest BCUT2D eigenvalue weighted by atomic mass is 9.65. The summed E-state index contributed by atoms with van der Waals surface area (Å²) in [5.41, 5.74) is 0. The highest BCUT2D eigenvalue weighted by Crippen LogP contribution is 2.46. The summed E-state index contributed by atoms with van der Waals surface area (Å²) in [4.78, 5) is 25.3. The van der Waals surface area contributed by atoms with Gasteiger partial charge in [0.1, 0.15) is 0 Å². The molecular formula is C32H59NO2. The second kappa shape index (κ2) is 19.3. The number of fused-ring (bicyclic) bond motifs is 1. The van der Waals surface area contributed by atoms with E-state index >= 15 is 0 Å². The van der Waals surface area contributed by atoms with E-state index in [1.165, 1.54) is 128 Å². The lowest BCUT2D eigenvalue weighted by Crippen LogP contribution is -2.36. The van der Waals surface area contributed by atoms with Crippen LogP contribution in [0.25, 0.3) is 0 Å². The molecule has 2 fully saturated rings. The van der Waals surface area contributed by atoms with Crippen molar-refractivity contribution < 1.29 is 9.59 Å². The van der Waals surface area contributed by atoms with Crippen LogP contribution in [0.3, 0.4) is 0 Å². The molecule has 4 unspecified atom stereocenters. The molecule has 0 aromatic carbocycles. The van der Waals surface area contributed by atoms with E-state index in [1.807, 2.05) is 0 Å². The third-order valence-corrected chi connectivity index (χ3v) is 9.02. The zero-order valence-corrected chi connectivity index (χ0v) is 23.6. The molecule has 1 N–H and O–H groups in total. The van der Waals surface area contributed by atoms with E-state index in [2.05, 4.69) is 19.2 Å². The topological polar surface area (TPSA) is 46.2 Å². The fourth-order valence-electron chi connectivity index (χ4n) is 6.85. The summed E-state index contributed by atoms with van der Waals surface area (Å²) < 4.78 is 0. The van der Waals surface area contributed by atoms with Crippen molar-refractivity contribution in [2.24, 2.45) is 23.7 Å². The summed E-state index contributed by atoms with van der Waals surface area (Å²) in [5, 5.41) is 2.72. The Labute approximate surface area is 218 Å². The standard InChI is InChI=1S/C32H59NO2/c1-3-5-7-9-11-13-15-17-19-21-23-27-25-26-28(30-29(27)31(34)33-32(30)35)24-22-20-18-16-14-12-10-8-6-4-2/h27-30H,3-26H2,1-2H3,(H,33,34,35). The zero-order valence-electron chi connectivity index (χ0n) is 23.6. The molecule has 1 saturated carbocycles. The summed E-state index contributed by atoms with van der Waals surface area (Å²) in [5.74, 6) is 0.912. The van der Waals surface area contributed by atoms with E-state index < -0.39 is 0 Å². The molecule has 3 nitrogen and oxygen atoms in total. The van der Waals surface area contributed by atoms with Crippen LogP contribution in [0, 0.1) is 23.7 Å². The minimum absolute atomic E-state index is 0.0251. The van der Waals surface area contributed by atoms with E-state index in [9.17, 15) is 9.59 Å². The normalized spacial score (nSPS) is 24.1. The summed E-state index contributed by atoms with van der Waals surface area (Å²) >= 11 is 0. The van der Waals surface area contributed by atoms with Crippen LogP contribution in [0.1, 0.15) is 168 Å². The van der Waals surface area contributed by atoms with Gasteiger partial charge in [0.05, 0.1) is 11.8 Å². The van der Waals surface area contributed by atoms with Crippen molar-refractivity contribution in [3.8, 4) is 0 Å². The Bertz CT molecular complexity index is 512. The van der Waals surface area contributed by atoms with Crippen molar-refractivity contribution >= 4 is 11.8 Å². The Morgan fingerprint density at radius 3 is 1.09 bits per heavy atom. The molecule has 3 heteroatoms. The van der Waals surface area contributed by atoms with E-state index in [1.54, 1.807) is 0 Å². The molecule has 0 spiro atoms. The van der Waals surface area contributed by atoms with Gasteiger partial charge in [-0.15, -0.1) is 0 Å². The fraction of sp³-hybridized carbons (Fsp3) is 0.938. The van der Waals surface area contributed by atoms with Gasteiger partial charge in [0.2, 0.25) is 11.8 Å². The van der Waals surface area contributed by atoms with Gasteiger partial charge in [-0.25, -0.2) is 0 Å². The molecule has 2 rings (SSSR count). The summed E-state index contributed by atoms with van der Waals surface area (Å²) in [6.45, 7) is 4.55. The molecule has 2 amide bonds. The van der Waals surface area contributed by atoms with Crippen LogP contribution in [-0.2, 0) is 9.59 Å². The SMILES string of the molecule is CCCCCCCCCCCCC1CCC(CCCCCCCCCCCC)C2C(=O)NC(=O)C12. The van der Waals surface area contributed by atoms with Gasteiger partial charge >= 0.3 is 0 Å². The highest BCUT2D eigenvalue weighted by Gasteiger charge is 2.51. The number of rotatable bonds is 22. The van der Waals surface area contributed by atoms with Crippen LogP contribution in [0.4, 0.5) is 0 Å². The van der Waals surface area contributed by atoms with Crippen LogP contribution in [-0.4, -0.2) is 11.8 Å². The van der Waals surface area contributed by atoms with Gasteiger partial charge in [-0.05, 0) is 37.5 Å². The summed E-state index contributed by atoms with van der Waals surface area (Å²) in [7, 11) is 0. The van der Waals surface area contributed by atoms with Crippen molar-refractivity contribution in [2.45, 2.75) is 168 Å². The molecule has 4 atom stereocenters. The average Bonchev–Trinajstić information content (AvgIpc) is 3.16. The first-order valence-electron chi connectivity index (χ1n) is 16.0. The van der Waals surface area contributed by atoms with Gasteiger partial charge in [-0.3, -0.25) is 14.9 Å². The van der Waals surface area contributed by atoms with Crippen molar-refractivity contribution in [1.82, 2.24) is 5.32 Å². The number of imide groups is 1. The van der Waals surface area contributed by atoms with Gasteiger partial charge in [-0.2, -0.15) is 0 Å². The first-order valence-corrected chi connectivity index (χ1v) is 16.0. The maximum atomic E-state index is 12.7. The monoisotopic (exact) mass is 489 g/mol. The fourth-order valence-corrected chi connectivity index (χ4v) is 6.85. The number of carbonyl (C=O) groups is 2. The first-order chi connectivity index (χ1) is 17.2. The molecule has 2 aliphatic rings. The van der Waals surface area contributed by atoms with Gasteiger partial charge in [0.15, 0.2) is 0 Å². The molecule has 1 heterocycles. The summed E-state index contributed by atoms with van der Waals surface area (Å²) in [6, 6.07) is 0. The number of nitrogens with one attached hydrogen (secondary N) is 1. The van der Waals surface area contributed by atoms with Crippen LogP contribution < -0.4 is 5.32 Å². The van der Waals surface area contributed by atoms with Crippen LogP contribution in [0.5, 0.6) is 0 Å².